The quantitative estimate of drug-likeness (QED) is 0.847. The van der Waals surface area contributed by atoms with Crippen LogP contribution in [0.5, 0.6) is 0 Å². The van der Waals surface area contributed by atoms with Crippen molar-refractivity contribution in [1.82, 2.24) is 10.3 Å². The van der Waals surface area contributed by atoms with Gasteiger partial charge in [0.15, 0.2) is 4.47 Å². The zero-order chi connectivity index (χ0) is 11.4. The predicted molar refractivity (Wildman–Crippen MR) is 55.1 cm³/mol. The Morgan fingerprint density at radius 1 is 1.67 bits per heavy atom. The van der Waals surface area contributed by atoms with E-state index in [9.17, 15) is 15.0 Å². The fourth-order valence-electron chi connectivity index (χ4n) is 0.935. The Bertz CT molecular complexity index is 358. The molecule has 0 aliphatic rings. The molecule has 84 valence electrons. The normalized spacial score (nSPS) is 12.5. The summed E-state index contributed by atoms with van der Waals surface area (Å²) < 4.78 is 0.238. The first-order valence-electron chi connectivity index (χ1n) is 3.95. The molecule has 1 aromatic rings. The second-order valence-corrected chi connectivity index (χ2v) is 4.61. The van der Waals surface area contributed by atoms with Crippen LogP contribution in [0.2, 0.25) is 9.62 Å². The van der Waals surface area contributed by atoms with E-state index in [4.69, 9.17) is 23.2 Å². The van der Waals surface area contributed by atoms with Crippen LogP contribution in [0.3, 0.4) is 0 Å². The van der Waals surface area contributed by atoms with E-state index in [1.807, 2.05) is 5.32 Å². The number of aromatic nitrogens is 1. The Kier molecular flexibility index (Phi) is 4.59. The molecular weight excluding hydrogens is 263 g/mol. The monoisotopic (exact) mass is 269 g/mol. The molecule has 1 aromatic heterocycles. The fraction of sp³-hybridized carbons (Fsp3) is 0.429. The third kappa shape index (κ3) is 3.83. The molecule has 0 bridgehead atoms. The van der Waals surface area contributed by atoms with E-state index in [1.165, 1.54) is 0 Å². The van der Waals surface area contributed by atoms with Crippen LogP contribution in [0.25, 0.3) is 0 Å². The molecule has 1 unspecified atom stereocenters. The van der Waals surface area contributed by atoms with Crippen LogP contribution < -0.4 is 10.4 Å². The van der Waals surface area contributed by atoms with Crippen molar-refractivity contribution in [2.45, 2.75) is 12.5 Å². The molecule has 0 aromatic carbocycles. The van der Waals surface area contributed by atoms with Gasteiger partial charge in [-0.05, 0) is 6.42 Å². The number of nitrogens with one attached hydrogen (secondary N) is 1. The first-order chi connectivity index (χ1) is 7.00. The summed E-state index contributed by atoms with van der Waals surface area (Å²) in [6, 6.07) is 0. The summed E-state index contributed by atoms with van der Waals surface area (Å²) in [6.07, 6.45) is -2.07. The van der Waals surface area contributed by atoms with Crippen LogP contribution in [0.15, 0.2) is 0 Å². The third-order valence-electron chi connectivity index (χ3n) is 1.57. The molecule has 0 fully saturated rings. The molecule has 0 aliphatic carbocycles. The Morgan fingerprint density at radius 3 is 2.80 bits per heavy atom. The van der Waals surface area contributed by atoms with Gasteiger partial charge in [0.25, 0.3) is 0 Å². The lowest BCUT2D eigenvalue weighted by Gasteiger charge is -2.10. The molecule has 1 heterocycles. The van der Waals surface area contributed by atoms with Gasteiger partial charge in [-0.15, -0.1) is 11.3 Å². The smallest absolute Gasteiger partial charge is 0.185 e. The van der Waals surface area contributed by atoms with Gasteiger partial charge < -0.3 is 20.3 Å². The molecule has 0 aliphatic heterocycles. The van der Waals surface area contributed by atoms with Crippen LogP contribution in [0, 0.1) is 0 Å². The highest BCUT2D eigenvalue weighted by Crippen LogP contribution is 2.32. The first kappa shape index (κ1) is 12.5. The molecule has 0 spiro atoms. The van der Waals surface area contributed by atoms with Crippen molar-refractivity contribution < 1.29 is 15.0 Å². The van der Waals surface area contributed by atoms with Gasteiger partial charge in [-0.2, -0.15) is 0 Å². The number of halogens is 2. The van der Waals surface area contributed by atoms with Crippen molar-refractivity contribution >= 4 is 40.6 Å². The number of thiazole rings is 1. The summed E-state index contributed by atoms with van der Waals surface area (Å²) in [4.78, 5) is 14.2. The van der Waals surface area contributed by atoms with Crippen LogP contribution in [-0.2, 0) is 0 Å². The molecule has 2 N–H and O–H groups in total. The highest BCUT2D eigenvalue weighted by molar-refractivity contribution is 7.16. The number of aliphatic hydroxyl groups excluding tert-OH is 1. The average Bonchev–Trinajstić information content (AvgIpc) is 2.44. The Morgan fingerprint density at radius 2 is 2.33 bits per heavy atom. The van der Waals surface area contributed by atoms with Crippen LogP contribution in [-0.4, -0.2) is 22.7 Å². The number of hydrogen-bond donors (Lipinski definition) is 2. The molecule has 1 rings (SSSR count). The van der Waals surface area contributed by atoms with Gasteiger partial charge in [0, 0.05) is 6.54 Å². The third-order valence-corrected chi connectivity index (χ3v) is 3.23. The maximum atomic E-state index is 10.0. The second-order valence-electron chi connectivity index (χ2n) is 2.64. The van der Waals surface area contributed by atoms with Crippen molar-refractivity contribution in [1.29, 1.82) is 0 Å². The molecule has 5 nitrogen and oxygen atoms in total. The predicted octanol–water partition coefficient (Wildman–Crippen LogP) is 0.806. The number of hydrogen-bond acceptors (Lipinski definition) is 5. The zero-order valence-corrected chi connectivity index (χ0v) is 9.70. The summed E-state index contributed by atoms with van der Waals surface area (Å²) in [6.45, 7) is 0.0787. The minimum Gasteiger partial charge on any atom is -0.530 e. The van der Waals surface area contributed by atoms with Gasteiger partial charge in [0.1, 0.15) is 11.2 Å². The van der Waals surface area contributed by atoms with Gasteiger partial charge in [0.05, 0.1) is 11.0 Å². The van der Waals surface area contributed by atoms with Gasteiger partial charge in [-0.1, -0.05) is 23.2 Å². The molecule has 8 heteroatoms. The van der Waals surface area contributed by atoms with Crippen LogP contribution >= 0.6 is 34.5 Å². The fourth-order valence-corrected chi connectivity index (χ4v) is 2.39. The molecule has 15 heavy (non-hydrogen) atoms. The molecule has 0 radical (unpaired) electrons. The SMILES string of the molecule is O=C([O-])NCCC(O)c1sc(Cl)nc1Cl. The molecule has 0 saturated carbocycles. The summed E-state index contributed by atoms with van der Waals surface area (Å²) in [7, 11) is 0. The Balaban J connectivity index is 2.50. The van der Waals surface area contributed by atoms with Gasteiger partial charge in [0.2, 0.25) is 0 Å². The van der Waals surface area contributed by atoms with Gasteiger partial charge in [-0.3, -0.25) is 0 Å². The standard InChI is InChI=1S/C7H8Cl2N2O3S/c8-5-4(15-6(9)11-5)3(12)1-2-10-7(13)14/h3,10,12H,1-2H2,(H,13,14)/p-1. The van der Waals surface area contributed by atoms with Crippen LogP contribution in [0.4, 0.5) is 4.79 Å². The van der Waals surface area contributed by atoms with Gasteiger partial charge >= 0.3 is 0 Å². The van der Waals surface area contributed by atoms with E-state index in [1.54, 1.807) is 0 Å². The number of carboxylic acid groups (broad SMARTS) is 1. The minimum absolute atomic E-state index is 0.0787. The largest absolute Gasteiger partial charge is 0.530 e. The number of carbonyl (C=O) groups excluding carboxylic acids is 1. The Labute approximate surface area is 99.7 Å². The van der Waals surface area contributed by atoms with E-state index >= 15 is 0 Å². The molecule has 0 saturated heterocycles. The molecular formula is C7H7Cl2N2O3S-. The van der Waals surface area contributed by atoms with Crippen molar-refractivity contribution in [3.63, 3.8) is 0 Å². The second kappa shape index (κ2) is 5.50. The minimum atomic E-state index is -1.38. The summed E-state index contributed by atoms with van der Waals surface area (Å²) in [5.74, 6) is 0. The maximum Gasteiger partial charge on any atom is 0.185 e. The van der Waals surface area contributed by atoms with E-state index in [0.717, 1.165) is 11.3 Å². The van der Waals surface area contributed by atoms with Crippen molar-refractivity contribution in [3.8, 4) is 0 Å². The van der Waals surface area contributed by atoms with E-state index in [0.29, 0.717) is 4.88 Å². The lowest BCUT2D eigenvalue weighted by molar-refractivity contribution is -0.250. The highest BCUT2D eigenvalue weighted by Gasteiger charge is 2.16. The lowest BCUT2D eigenvalue weighted by atomic mass is 10.2. The van der Waals surface area contributed by atoms with Gasteiger partial charge in [-0.25, -0.2) is 4.98 Å². The number of nitrogens with zero attached hydrogens (tertiary/aromatic N) is 1. The summed E-state index contributed by atoms with van der Waals surface area (Å²) in [5, 5.41) is 21.8. The average molecular weight is 270 g/mol. The van der Waals surface area contributed by atoms with Crippen molar-refractivity contribution in [2.75, 3.05) is 6.54 Å². The number of amides is 1. The maximum absolute atomic E-state index is 10.0. The highest BCUT2D eigenvalue weighted by atomic mass is 35.5. The zero-order valence-electron chi connectivity index (χ0n) is 7.37. The topological polar surface area (TPSA) is 85.3 Å². The molecule has 1 amide bonds. The number of rotatable bonds is 4. The first-order valence-corrected chi connectivity index (χ1v) is 5.52. The summed E-state index contributed by atoms with van der Waals surface area (Å²) in [5.41, 5.74) is 0. The lowest BCUT2D eigenvalue weighted by Crippen LogP contribution is -2.37. The molecule has 1 atom stereocenters. The van der Waals surface area contributed by atoms with E-state index in [-0.39, 0.29) is 22.6 Å². The number of aliphatic hydroxyl groups is 1. The summed E-state index contributed by atoms with van der Waals surface area (Å²) >= 11 is 12.3. The van der Waals surface area contributed by atoms with Crippen LogP contribution in [0.1, 0.15) is 17.4 Å². The van der Waals surface area contributed by atoms with Crippen molar-refractivity contribution in [3.05, 3.63) is 14.5 Å². The van der Waals surface area contributed by atoms with E-state index < -0.39 is 12.2 Å². The number of carbonyl (C=O) groups is 1. The van der Waals surface area contributed by atoms with Crippen molar-refractivity contribution in [2.24, 2.45) is 0 Å². The Hall–Kier alpha value is -0.560. The van der Waals surface area contributed by atoms with E-state index in [2.05, 4.69) is 4.98 Å².